The molecule has 0 aliphatic heterocycles. The molecule has 1 aliphatic carbocycles. The molecule has 2 rings (SSSR count). The molecule has 1 fully saturated rings. The summed E-state index contributed by atoms with van der Waals surface area (Å²) in [7, 11) is 0. The van der Waals surface area contributed by atoms with Gasteiger partial charge in [0, 0.05) is 0 Å². The summed E-state index contributed by atoms with van der Waals surface area (Å²) in [6.07, 6.45) is -2.38. The maximum atomic E-state index is 13.2. The first kappa shape index (κ1) is 11.5. The van der Waals surface area contributed by atoms with Crippen molar-refractivity contribution in [2.24, 2.45) is 5.92 Å². The lowest BCUT2D eigenvalue weighted by Gasteiger charge is -2.21. The Kier molecular flexibility index (Phi) is 2.72. The molecule has 0 aromatic heterocycles. The quantitative estimate of drug-likeness (QED) is 0.723. The van der Waals surface area contributed by atoms with E-state index in [4.69, 9.17) is 0 Å². The number of benzene rings is 1. The SMILES string of the molecule is CCCC1CC1(c1ccccc1)C(F)(F)F. The van der Waals surface area contributed by atoms with Crippen LogP contribution in [0.2, 0.25) is 0 Å². The minimum atomic E-state index is -4.12. The Morgan fingerprint density at radius 2 is 1.88 bits per heavy atom. The summed E-state index contributed by atoms with van der Waals surface area (Å²) in [6.45, 7) is 1.93. The van der Waals surface area contributed by atoms with E-state index in [-0.39, 0.29) is 12.3 Å². The second-order valence-electron chi connectivity index (χ2n) is 4.52. The van der Waals surface area contributed by atoms with Crippen molar-refractivity contribution in [1.29, 1.82) is 0 Å². The third kappa shape index (κ3) is 1.62. The van der Waals surface area contributed by atoms with E-state index in [1.807, 2.05) is 6.92 Å². The van der Waals surface area contributed by atoms with Crippen LogP contribution in [0.1, 0.15) is 31.7 Å². The molecule has 1 aromatic rings. The van der Waals surface area contributed by atoms with E-state index in [9.17, 15) is 13.2 Å². The van der Waals surface area contributed by atoms with Gasteiger partial charge in [0.1, 0.15) is 0 Å². The van der Waals surface area contributed by atoms with E-state index in [0.29, 0.717) is 12.0 Å². The molecule has 88 valence electrons. The Bertz CT molecular complexity index is 355. The van der Waals surface area contributed by atoms with Gasteiger partial charge in [-0.05, 0) is 24.3 Å². The molecule has 16 heavy (non-hydrogen) atoms. The Morgan fingerprint density at radius 1 is 1.25 bits per heavy atom. The number of alkyl halides is 3. The Hall–Kier alpha value is -0.990. The van der Waals surface area contributed by atoms with Gasteiger partial charge in [0.15, 0.2) is 0 Å². The Balaban J connectivity index is 2.33. The van der Waals surface area contributed by atoms with Crippen molar-refractivity contribution >= 4 is 0 Å². The van der Waals surface area contributed by atoms with Crippen LogP contribution < -0.4 is 0 Å². The van der Waals surface area contributed by atoms with Gasteiger partial charge in [-0.25, -0.2) is 0 Å². The second-order valence-corrected chi connectivity index (χ2v) is 4.52. The Morgan fingerprint density at radius 3 is 2.38 bits per heavy atom. The van der Waals surface area contributed by atoms with Crippen molar-refractivity contribution in [3.63, 3.8) is 0 Å². The molecule has 3 heteroatoms. The lowest BCUT2D eigenvalue weighted by Crippen LogP contribution is -2.31. The molecule has 0 spiro atoms. The Labute approximate surface area is 93.5 Å². The van der Waals surface area contributed by atoms with Gasteiger partial charge in [-0.1, -0.05) is 43.7 Å². The summed E-state index contributed by atoms with van der Waals surface area (Å²) >= 11 is 0. The fourth-order valence-electron chi connectivity index (χ4n) is 2.63. The first-order chi connectivity index (χ1) is 7.52. The van der Waals surface area contributed by atoms with Gasteiger partial charge in [-0.3, -0.25) is 0 Å². The molecule has 0 nitrogen and oxygen atoms in total. The summed E-state index contributed by atoms with van der Waals surface area (Å²) < 4.78 is 39.5. The number of hydrogen-bond donors (Lipinski definition) is 0. The summed E-state index contributed by atoms with van der Waals surface area (Å²) in [5.74, 6) is -0.222. The van der Waals surface area contributed by atoms with E-state index in [2.05, 4.69) is 0 Å². The normalized spacial score (nSPS) is 29.1. The van der Waals surface area contributed by atoms with Crippen LogP contribution in [-0.2, 0) is 5.41 Å². The summed E-state index contributed by atoms with van der Waals surface area (Å²) in [5.41, 5.74) is -1.12. The average molecular weight is 228 g/mol. The van der Waals surface area contributed by atoms with Crippen LogP contribution in [0.25, 0.3) is 0 Å². The average Bonchev–Trinajstić information content (AvgIpc) is 2.95. The largest absolute Gasteiger partial charge is 0.398 e. The van der Waals surface area contributed by atoms with Crippen LogP contribution in [0, 0.1) is 5.92 Å². The van der Waals surface area contributed by atoms with E-state index in [0.717, 1.165) is 6.42 Å². The molecule has 1 aromatic carbocycles. The highest BCUT2D eigenvalue weighted by atomic mass is 19.4. The zero-order valence-corrected chi connectivity index (χ0v) is 9.22. The molecule has 0 bridgehead atoms. The van der Waals surface area contributed by atoms with Crippen molar-refractivity contribution < 1.29 is 13.2 Å². The molecule has 1 aliphatic rings. The minimum Gasteiger partial charge on any atom is -0.170 e. The van der Waals surface area contributed by atoms with E-state index in [1.54, 1.807) is 30.3 Å². The van der Waals surface area contributed by atoms with Crippen molar-refractivity contribution in [3.05, 3.63) is 35.9 Å². The van der Waals surface area contributed by atoms with Crippen LogP contribution >= 0.6 is 0 Å². The van der Waals surface area contributed by atoms with Crippen LogP contribution in [-0.4, -0.2) is 6.18 Å². The van der Waals surface area contributed by atoms with Crippen LogP contribution in [0.3, 0.4) is 0 Å². The monoisotopic (exact) mass is 228 g/mol. The van der Waals surface area contributed by atoms with Gasteiger partial charge >= 0.3 is 6.18 Å². The van der Waals surface area contributed by atoms with E-state index >= 15 is 0 Å². The number of rotatable bonds is 3. The summed E-state index contributed by atoms with van der Waals surface area (Å²) in [5, 5.41) is 0. The zero-order valence-electron chi connectivity index (χ0n) is 9.22. The van der Waals surface area contributed by atoms with Gasteiger partial charge in [0.05, 0.1) is 5.41 Å². The second kappa shape index (κ2) is 3.79. The van der Waals surface area contributed by atoms with Crippen molar-refractivity contribution in [1.82, 2.24) is 0 Å². The minimum absolute atomic E-state index is 0.222. The first-order valence-corrected chi connectivity index (χ1v) is 5.64. The van der Waals surface area contributed by atoms with Crippen molar-refractivity contribution in [2.45, 2.75) is 37.8 Å². The van der Waals surface area contributed by atoms with Gasteiger partial charge in [-0.15, -0.1) is 0 Å². The standard InChI is InChI=1S/C13H15F3/c1-2-6-11-9-12(11,13(14,15)16)10-7-4-3-5-8-10/h3-5,7-8,11H,2,6,9H2,1H3. The highest BCUT2D eigenvalue weighted by Crippen LogP contribution is 2.64. The van der Waals surface area contributed by atoms with Crippen molar-refractivity contribution in [3.8, 4) is 0 Å². The molecule has 0 radical (unpaired) electrons. The maximum Gasteiger partial charge on any atom is 0.398 e. The molecule has 0 amide bonds. The van der Waals surface area contributed by atoms with Gasteiger partial charge in [0.25, 0.3) is 0 Å². The van der Waals surface area contributed by atoms with Crippen LogP contribution in [0.5, 0.6) is 0 Å². The predicted octanol–water partition coefficient (Wildman–Crippen LogP) is 4.31. The lowest BCUT2D eigenvalue weighted by molar-refractivity contribution is -0.165. The topological polar surface area (TPSA) is 0 Å². The van der Waals surface area contributed by atoms with Crippen LogP contribution in [0.4, 0.5) is 13.2 Å². The van der Waals surface area contributed by atoms with Crippen molar-refractivity contribution in [2.75, 3.05) is 0 Å². The fraction of sp³-hybridized carbons (Fsp3) is 0.538. The number of hydrogen-bond acceptors (Lipinski definition) is 0. The predicted molar refractivity (Wildman–Crippen MR) is 57.2 cm³/mol. The summed E-state index contributed by atoms with van der Waals surface area (Å²) in [4.78, 5) is 0. The third-order valence-electron chi connectivity index (χ3n) is 3.54. The van der Waals surface area contributed by atoms with Gasteiger partial charge in [0.2, 0.25) is 0 Å². The highest BCUT2D eigenvalue weighted by molar-refractivity contribution is 5.36. The smallest absolute Gasteiger partial charge is 0.170 e. The van der Waals surface area contributed by atoms with Gasteiger partial charge < -0.3 is 0 Å². The molecule has 0 saturated heterocycles. The third-order valence-corrected chi connectivity index (χ3v) is 3.54. The maximum absolute atomic E-state index is 13.2. The molecule has 2 unspecified atom stereocenters. The van der Waals surface area contributed by atoms with Crippen LogP contribution in [0.15, 0.2) is 30.3 Å². The zero-order chi connectivity index (χ0) is 11.8. The fourth-order valence-corrected chi connectivity index (χ4v) is 2.63. The number of halogens is 3. The molecule has 0 N–H and O–H groups in total. The molecular formula is C13H15F3. The molecule has 2 atom stereocenters. The van der Waals surface area contributed by atoms with E-state index in [1.165, 1.54) is 0 Å². The highest BCUT2D eigenvalue weighted by Gasteiger charge is 2.70. The lowest BCUT2D eigenvalue weighted by atomic mass is 9.91. The summed E-state index contributed by atoms with van der Waals surface area (Å²) in [6, 6.07) is 8.32. The van der Waals surface area contributed by atoms with E-state index < -0.39 is 11.6 Å². The first-order valence-electron chi connectivity index (χ1n) is 5.64. The molecular weight excluding hydrogens is 213 g/mol. The molecule has 0 heterocycles. The van der Waals surface area contributed by atoms with Gasteiger partial charge in [-0.2, -0.15) is 13.2 Å². The molecule has 1 saturated carbocycles.